The Morgan fingerprint density at radius 3 is 2.50 bits per heavy atom. The van der Waals surface area contributed by atoms with Crippen molar-refractivity contribution in [2.45, 2.75) is 51.2 Å². The van der Waals surface area contributed by atoms with Crippen LogP contribution in [0.15, 0.2) is 24.3 Å². The average molecular weight is 322 g/mol. The second-order valence-corrected chi connectivity index (χ2v) is 7.34. The van der Waals surface area contributed by atoms with Gasteiger partial charge in [-0.25, -0.2) is 13.1 Å². The minimum Gasteiger partial charge on any atom is -0.490 e. The lowest BCUT2D eigenvalue weighted by Crippen LogP contribution is -2.30. The van der Waals surface area contributed by atoms with Crippen LogP contribution in [0.4, 0.5) is 0 Å². The first-order chi connectivity index (χ1) is 10.5. The van der Waals surface area contributed by atoms with E-state index in [-0.39, 0.29) is 6.04 Å². The molecule has 0 unspecified atom stereocenters. The van der Waals surface area contributed by atoms with Crippen LogP contribution in [0.1, 0.15) is 50.6 Å². The van der Waals surface area contributed by atoms with E-state index in [1.807, 2.05) is 31.2 Å². The van der Waals surface area contributed by atoms with Crippen molar-refractivity contribution in [1.29, 1.82) is 5.26 Å². The van der Waals surface area contributed by atoms with Gasteiger partial charge in [0.05, 0.1) is 12.2 Å². The fourth-order valence-corrected chi connectivity index (χ4v) is 3.70. The first kappa shape index (κ1) is 16.8. The van der Waals surface area contributed by atoms with Gasteiger partial charge >= 0.3 is 0 Å². The van der Waals surface area contributed by atoms with Crippen LogP contribution in [0, 0.1) is 11.3 Å². The molecule has 1 aromatic carbocycles. The van der Waals surface area contributed by atoms with Crippen LogP contribution in [-0.4, -0.2) is 20.3 Å². The highest BCUT2D eigenvalue weighted by molar-refractivity contribution is 7.89. The third kappa shape index (κ3) is 4.72. The Labute approximate surface area is 132 Å². The van der Waals surface area contributed by atoms with E-state index in [1.54, 1.807) is 6.07 Å². The van der Waals surface area contributed by atoms with Crippen LogP contribution in [0.5, 0.6) is 5.75 Å². The minimum absolute atomic E-state index is 0.307. The van der Waals surface area contributed by atoms with Gasteiger partial charge in [-0.05, 0) is 49.8 Å². The van der Waals surface area contributed by atoms with Gasteiger partial charge in [-0.3, -0.25) is 0 Å². The highest BCUT2D eigenvalue weighted by Crippen LogP contribution is 2.26. The zero-order chi connectivity index (χ0) is 16.0. The van der Waals surface area contributed by atoms with Crippen LogP contribution in [0.3, 0.4) is 0 Å². The van der Waals surface area contributed by atoms with E-state index in [9.17, 15) is 8.42 Å². The van der Waals surface area contributed by atoms with Crippen LogP contribution in [-0.2, 0) is 10.0 Å². The number of benzene rings is 1. The van der Waals surface area contributed by atoms with Crippen molar-refractivity contribution in [3.63, 3.8) is 0 Å². The number of nitrogens with zero attached hydrogens (tertiary/aromatic N) is 1. The maximum atomic E-state index is 11.7. The van der Waals surface area contributed by atoms with Gasteiger partial charge < -0.3 is 4.74 Å². The molecular formula is C16H22N2O3S. The molecule has 0 aliphatic heterocycles. The first-order valence-corrected chi connectivity index (χ1v) is 9.33. The summed E-state index contributed by atoms with van der Waals surface area (Å²) in [7, 11) is -3.56. The molecule has 1 aliphatic carbocycles. The Morgan fingerprint density at radius 2 is 1.95 bits per heavy atom. The number of sulfonamides is 1. The molecule has 2 rings (SSSR count). The quantitative estimate of drug-likeness (QED) is 0.837. The second-order valence-electron chi connectivity index (χ2n) is 5.59. The highest BCUT2D eigenvalue weighted by atomic mass is 32.2. The first-order valence-electron chi connectivity index (χ1n) is 7.67. The second kappa shape index (κ2) is 7.61. The SMILES string of the molecule is CC[C@H](NS(=O)(=O)CC#N)c1ccc(OC2CCCC2)cc1. The lowest BCUT2D eigenvalue weighted by atomic mass is 10.1. The van der Waals surface area contributed by atoms with Gasteiger partial charge in [0.25, 0.3) is 0 Å². The van der Waals surface area contributed by atoms with Gasteiger partial charge in [-0.1, -0.05) is 19.1 Å². The van der Waals surface area contributed by atoms with E-state index in [1.165, 1.54) is 12.8 Å². The summed E-state index contributed by atoms with van der Waals surface area (Å²) in [4.78, 5) is 0. The molecule has 0 heterocycles. The molecule has 1 fully saturated rings. The third-order valence-corrected chi connectivity index (χ3v) is 5.02. The predicted molar refractivity (Wildman–Crippen MR) is 84.9 cm³/mol. The molecule has 0 aromatic heterocycles. The maximum Gasteiger partial charge on any atom is 0.225 e. The molecule has 22 heavy (non-hydrogen) atoms. The standard InChI is InChI=1S/C16H22N2O3S/c1-2-16(18-22(19,20)12-11-17)13-7-9-15(10-8-13)21-14-5-3-4-6-14/h7-10,14,16,18H,2-6,12H2,1H3/t16-/m0/s1. The molecule has 1 aliphatic rings. The van der Waals surface area contributed by atoms with Crippen molar-refractivity contribution in [3.05, 3.63) is 29.8 Å². The highest BCUT2D eigenvalue weighted by Gasteiger charge is 2.19. The van der Waals surface area contributed by atoms with Gasteiger partial charge in [0, 0.05) is 6.04 Å². The monoisotopic (exact) mass is 322 g/mol. The molecule has 1 aromatic rings. The minimum atomic E-state index is -3.56. The fourth-order valence-electron chi connectivity index (χ4n) is 2.71. The molecule has 5 nitrogen and oxygen atoms in total. The molecule has 0 radical (unpaired) electrons. The summed E-state index contributed by atoms with van der Waals surface area (Å²) in [6, 6.07) is 8.88. The smallest absolute Gasteiger partial charge is 0.225 e. The Balaban J connectivity index is 2.02. The Morgan fingerprint density at radius 1 is 1.32 bits per heavy atom. The van der Waals surface area contributed by atoms with E-state index in [4.69, 9.17) is 10.00 Å². The molecule has 1 N–H and O–H groups in total. The van der Waals surface area contributed by atoms with Gasteiger partial charge in [0.1, 0.15) is 5.75 Å². The molecule has 0 saturated heterocycles. The Bertz CT molecular complexity index is 614. The van der Waals surface area contributed by atoms with Crippen LogP contribution in [0.2, 0.25) is 0 Å². The molecule has 0 spiro atoms. The summed E-state index contributed by atoms with van der Waals surface area (Å²) in [5.41, 5.74) is 0.878. The zero-order valence-electron chi connectivity index (χ0n) is 12.8. The van der Waals surface area contributed by atoms with Crippen molar-refractivity contribution in [2.24, 2.45) is 0 Å². The summed E-state index contributed by atoms with van der Waals surface area (Å²) in [5, 5.41) is 8.54. The third-order valence-electron chi connectivity index (χ3n) is 3.87. The zero-order valence-corrected chi connectivity index (χ0v) is 13.6. The van der Waals surface area contributed by atoms with Gasteiger partial charge in [-0.2, -0.15) is 5.26 Å². The molecular weight excluding hydrogens is 300 g/mol. The summed E-state index contributed by atoms with van der Waals surface area (Å²) < 4.78 is 31.9. The molecule has 0 amide bonds. The number of nitrogens with one attached hydrogen (secondary N) is 1. The summed E-state index contributed by atoms with van der Waals surface area (Å²) in [6.07, 6.45) is 5.58. The lowest BCUT2D eigenvalue weighted by molar-refractivity contribution is 0.210. The van der Waals surface area contributed by atoms with Crippen molar-refractivity contribution < 1.29 is 13.2 Å². The van der Waals surface area contributed by atoms with Gasteiger partial charge in [0.15, 0.2) is 5.75 Å². The van der Waals surface area contributed by atoms with E-state index in [2.05, 4.69) is 4.72 Å². The normalized spacial score (nSPS) is 17.1. The number of rotatable bonds is 7. The molecule has 120 valence electrons. The van der Waals surface area contributed by atoms with Crippen molar-refractivity contribution in [1.82, 2.24) is 4.72 Å². The van der Waals surface area contributed by atoms with Crippen LogP contribution in [0.25, 0.3) is 0 Å². The van der Waals surface area contributed by atoms with Crippen molar-refractivity contribution >= 4 is 10.0 Å². The van der Waals surface area contributed by atoms with E-state index in [0.29, 0.717) is 12.5 Å². The van der Waals surface area contributed by atoms with E-state index >= 15 is 0 Å². The van der Waals surface area contributed by atoms with E-state index in [0.717, 1.165) is 24.2 Å². The summed E-state index contributed by atoms with van der Waals surface area (Å²) in [5.74, 6) is 0.303. The van der Waals surface area contributed by atoms with Crippen LogP contribution < -0.4 is 9.46 Å². The molecule has 0 bridgehead atoms. The number of hydrogen-bond acceptors (Lipinski definition) is 4. The van der Waals surface area contributed by atoms with Crippen molar-refractivity contribution in [2.75, 3.05) is 5.75 Å². The van der Waals surface area contributed by atoms with E-state index < -0.39 is 15.8 Å². The largest absolute Gasteiger partial charge is 0.490 e. The Kier molecular flexibility index (Phi) is 5.81. The molecule has 6 heteroatoms. The fraction of sp³-hybridized carbons (Fsp3) is 0.562. The maximum absolute atomic E-state index is 11.7. The summed E-state index contributed by atoms with van der Waals surface area (Å²) >= 11 is 0. The number of ether oxygens (including phenoxy) is 1. The average Bonchev–Trinajstić information content (AvgIpc) is 2.99. The molecule has 1 saturated carbocycles. The number of hydrogen-bond donors (Lipinski definition) is 1. The number of nitriles is 1. The van der Waals surface area contributed by atoms with Crippen LogP contribution >= 0.6 is 0 Å². The Hall–Kier alpha value is -1.58. The van der Waals surface area contributed by atoms with Gasteiger partial charge in [0.2, 0.25) is 10.0 Å². The lowest BCUT2D eigenvalue weighted by Gasteiger charge is -2.18. The molecule has 1 atom stereocenters. The van der Waals surface area contributed by atoms with Crippen molar-refractivity contribution in [3.8, 4) is 11.8 Å². The predicted octanol–water partition coefficient (Wildman–Crippen LogP) is 2.90. The topological polar surface area (TPSA) is 79.2 Å². The van der Waals surface area contributed by atoms with Gasteiger partial charge in [-0.15, -0.1) is 0 Å². The summed E-state index contributed by atoms with van der Waals surface area (Å²) in [6.45, 7) is 1.91.